The molecule has 5 heteroatoms. The number of ether oxygens (including phenoxy) is 1. The fourth-order valence-electron chi connectivity index (χ4n) is 4.36. The molecule has 2 aromatic carbocycles. The van der Waals surface area contributed by atoms with Gasteiger partial charge in [0.15, 0.2) is 0 Å². The van der Waals surface area contributed by atoms with Crippen LogP contribution in [0.5, 0.6) is 0 Å². The molecule has 0 bridgehead atoms. The molecule has 0 atom stereocenters. The molecule has 0 aromatic heterocycles. The van der Waals surface area contributed by atoms with Crippen molar-refractivity contribution in [3.05, 3.63) is 70.6 Å². The number of nitrogens with two attached hydrogens (primary N) is 1. The predicted molar refractivity (Wildman–Crippen MR) is 132 cm³/mol. The molecular formula is C28H31N2O3+. The summed E-state index contributed by atoms with van der Waals surface area (Å²) in [4.78, 5) is 17.5. The van der Waals surface area contributed by atoms with Crippen LogP contribution in [0.3, 0.4) is 0 Å². The van der Waals surface area contributed by atoms with Crippen LogP contribution in [-0.2, 0) is 4.74 Å². The van der Waals surface area contributed by atoms with Crippen LogP contribution in [0.15, 0.2) is 57.9 Å². The van der Waals surface area contributed by atoms with E-state index in [1.165, 1.54) is 5.56 Å². The van der Waals surface area contributed by atoms with E-state index >= 15 is 0 Å². The van der Waals surface area contributed by atoms with Crippen molar-refractivity contribution in [2.45, 2.75) is 34.6 Å². The lowest BCUT2D eigenvalue weighted by Gasteiger charge is -2.19. The second-order valence-electron chi connectivity index (χ2n) is 8.17. The van der Waals surface area contributed by atoms with Crippen molar-refractivity contribution < 1.29 is 19.3 Å². The zero-order chi connectivity index (χ0) is 23.5. The number of rotatable bonds is 6. The van der Waals surface area contributed by atoms with Gasteiger partial charge in [-0.25, -0.2) is 4.79 Å². The van der Waals surface area contributed by atoms with Crippen LogP contribution >= 0.6 is 0 Å². The molecule has 0 unspecified atom stereocenters. The van der Waals surface area contributed by atoms with E-state index in [9.17, 15) is 4.79 Å². The lowest BCUT2D eigenvalue weighted by atomic mass is 9.89. The van der Waals surface area contributed by atoms with Crippen molar-refractivity contribution in [1.29, 1.82) is 0 Å². The third-order valence-corrected chi connectivity index (χ3v) is 5.87. The average molecular weight is 444 g/mol. The SMILES string of the molecule is CCN=c1cc2oc3cc([NH2+]CC)c(C)cc3c(-c3ccccc3C(=O)OCC)c-2cc1C. The van der Waals surface area contributed by atoms with Gasteiger partial charge in [0.1, 0.15) is 17.0 Å². The maximum absolute atomic E-state index is 12.9. The van der Waals surface area contributed by atoms with Gasteiger partial charge in [-0.05, 0) is 63.9 Å². The lowest BCUT2D eigenvalue weighted by Crippen LogP contribution is -2.77. The van der Waals surface area contributed by atoms with Crippen LogP contribution < -0.4 is 10.7 Å². The summed E-state index contributed by atoms with van der Waals surface area (Å²) in [6.07, 6.45) is 0. The maximum atomic E-state index is 12.9. The number of nitrogens with zero attached hydrogens (tertiary/aromatic N) is 1. The zero-order valence-electron chi connectivity index (χ0n) is 20.0. The monoisotopic (exact) mass is 443 g/mol. The number of carbonyl (C=O) groups is 1. The van der Waals surface area contributed by atoms with Gasteiger partial charge in [-0.3, -0.25) is 4.99 Å². The molecule has 2 N–H and O–H groups in total. The van der Waals surface area contributed by atoms with Gasteiger partial charge in [0.25, 0.3) is 0 Å². The number of fused-ring (bicyclic) bond motifs is 2. The first-order chi connectivity index (χ1) is 16.0. The highest BCUT2D eigenvalue weighted by Crippen LogP contribution is 2.42. The first-order valence-electron chi connectivity index (χ1n) is 11.6. The van der Waals surface area contributed by atoms with Crippen molar-refractivity contribution >= 4 is 22.6 Å². The average Bonchev–Trinajstić information content (AvgIpc) is 2.80. The van der Waals surface area contributed by atoms with E-state index in [1.807, 2.05) is 44.2 Å². The Morgan fingerprint density at radius 3 is 2.52 bits per heavy atom. The number of esters is 1. The smallest absolute Gasteiger partial charge is 0.338 e. The number of aryl methyl sites for hydroxylation is 2. The quantitative estimate of drug-likeness (QED) is 0.255. The van der Waals surface area contributed by atoms with Gasteiger partial charge in [0, 0.05) is 40.8 Å². The van der Waals surface area contributed by atoms with E-state index in [1.54, 1.807) is 0 Å². The molecule has 170 valence electrons. The Labute approximate surface area is 194 Å². The normalized spacial score (nSPS) is 12.0. The van der Waals surface area contributed by atoms with Crippen LogP contribution in [-0.4, -0.2) is 25.7 Å². The third kappa shape index (κ3) is 4.29. The number of hydrogen-bond acceptors (Lipinski definition) is 4. The Balaban J connectivity index is 2.15. The number of benzene rings is 3. The molecule has 0 saturated carbocycles. The summed E-state index contributed by atoms with van der Waals surface area (Å²) >= 11 is 0. The minimum atomic E-state index is -0.322. The Morgan fingerprint density at radius 1 is 1.00 bits per heavy atom. The summed E-state index contributed by atoms with van der Waals surface area (Å²) in [5.74, 6) is 0.428. The second-order valence-corrected chi connectivity index (χ2v) is 8.17. The van der Waals surface area contributed by atoms with E-state index in [0.29, 0.717) is 18.7 Å². The second kappa shape index (κ2) is 9.59. The third-order valence-electron chi connectivity index (χ3n) is 5.87. The van der Waals surface area contributed by atoms with Crippen molar-refractivity contribution in [3.8, 4) is 22.5 Å². The van der Waals surface area contributed by atoms with E-state index in [4.69, 9.17) is 9.15 Å². The van der Waals surface area contributed by atoms with Gasteiger partial charge in [0.2, 0.25) is 0 Å². The summed E-state index contributed by atoms with van der Waals surface area (Å²) in [6, 6.07) is 16.0. The number of hydrogen-bond donors (Lipinski definition) is 1. The zero-order valence-corrected chi connectivity index (χ0v) is 20.0. The Hall–Kier alpha value is -3.44. The van der Waals surface area contributed by atoms with Gasteiger partial charge in [-0.1, -0.05) is 18.2 Å². The molecule has 33 heavy (non-hydrogen) atoms. The Kier molecular flexibility index (Phi) is 6.61. The maximum Gasteiger partial charge on any atom is 0.338 e. The molecule has 0 fully saturated rings. The fraction of sp³-hybridized carbons (Fsp3) is 0.286. The van der Waals surface area contributed by atoms with Crippen molar-refractivity contribution in [1.82, 2.24) is 0 Å². The van der Waals surface area contributed by atoms with E-state index in [0.717, 1.165) is 56.6 Å². The van der Waals surface area contributed by atoms with Gasteiger partial charge < -0.3 is 14.5 Å². The minimum Gasteiger partial charge on any atom is -0.462 e. The molecule has 0 saturated heterocycles. The summed E-state index contributed by atoms with van der Waals surface area (Å²) in [5.41, 5.74) is 7.51. The first-order valence-corrected chi connectivity index (χ1v) is 11.6. The molecular weight excluding hydrogens is 412 g/mol. The Morgan fingerprint density at radius 2 is 1.79 bits per heavy atom. The van der Waals surface area contributed by atoms with Gasteiger partial charge in [-0.2, -0.15) is 0 Å². The predicted octanol–water partition coefficient (Wildman–Crippen LogP) is 5.13. The molecule has 0 spiro atoms. The first kappa shape index (κ1) is 22.7. The number of quaternary nitrogens is 1. The van der Waals surface area contributed by atoms with Gasteiger partial charge in [-0.15, -0.1) is 0 Å². The molecule has 0 amide bonds. The molecule has 5 nitrogen and oxygen atoms in total. The van der Waals surface area contributed by atoms with Crippen molar-refractivity contribution in [2.24, 2.45) is 4.99 Å². The fourth-order valence-corrected chi connectivity index (χ4v) is 4.36. The molecule has 2 aliphatic rings. The van der Waals surface area contributed by atoms with Crippen LogP contribution in [0.2, 0.25) is 0 Å². The topological polar surface area (TPSA) is 68.4 Å². The molecule has 1 aliphatic carbocycles. The van der Waals surface area contributed by atoms with E-state index in [-0.39, 0.29) is 5.97 Å². The molecule has 1 aliphatic heterocycles. The van der Waals surface area contributed by atoms with Gasteiger partial charge >= 0.3 is 5.97 Å². The highest BCUT2D eigenvalue weighted by Gasteiger charge is 2.23. The molecule has 4 rings (SSSR count). The van der Waals surface area contributed by atoms with Crippen LogP contribution in [0.4, 0.5) is 5.69 Å². The lowest BCUT2D eigenvalue weighted by molar-refractivity contribution is -0.568. The minimum absolute atomic E-state index is 0.322. The van der Waals surface area contributed by atoms with Crippen LogP contribution in [0.1, 0.15) is 42.3 Å². The van der Waals surface area contributed by atoms with Gasteiger partial charge in [0.05, 0.1) is 24.1 Å². The van der Waals surface area contributed by atoms with Crippen LogP contribution in [0.25, 0.3) is 33.4 Å². The molecule has 0 radical (unpaired) electrons. The van der Waals surface area contributed by atoms with Crippen LogP contribution in [0, 0.1) is 13.8 Å². The summed E-state index contributed by atoms with van der Waals surface area (Å²) in [5, 5.41) is 4.10. The molecule has 1 heterocycles. The van der Waals surface area contributed by atoms with Crippen molar-refractivity contribution in [3.63, 3.8) is 0 Å². The highest BCUT2D eigenvalue weighted by atomic mass is 16.5. The Bertz CT molecular complexity index is 1370. The largest absolute Gasteiger partial charge is 0.462 e. The van der Waals surface area contributed by atoms with E-state index in [2.05, 4.69) is 49.3 Å². The molecule has 2 aromatic rings. The summed E-state index contributed by atoms with van der Waals surface area (Å²) in [6.45, 7) is 12.1. The summed E-state index contributed by atoms with van der Waals surface area (Å²) in [7, 11) is 0. The summed E-state index contributed by atoms with van der Waals surface area (Å²) < 4.78 is 11.8. The van der Waals surface area contributed by atoms with E-state index < -0.39 is 0 Å². The standard InChI is InChI=1S/C28H30N2O3/c1-6-29-23-15-25-21(13-17(23)4)27(19-11-9-10-12-20(19)28(31)32-8-3)22-14-18(5)24(30-7-2)16-26(22)33-25/h9-16,29H,6-8H2,1-5H3/p+1. The highest BCUT2D eigenvalue weighted by molar-refractivity contribution is 6.08. The number of carbonyl (C=O) groups excluding carboxylic acids is 1. The van der Waals surface area contributed by atoms with Crippen molar-refractivity contribution in [2.75, 3.05) is 19.7 Å².